The summed E-state index contributed by atoms with van der Waals surface area (Å²) in [6.45, 7) is 2.90. The smallest absolute Gasteiger partial charge is 0.145 e. The van der Waals surface area contributed by atoms with Gasteiger partial charge in [0.05, 0.1) is 15.7 Å². The number of anilines is 1. The first-order chi connectivity index (χ1) is 8.63. The van der Waals surface area contributed by atoms with E-state index in [1.807, 2.05) is 13.1 Å². The molecular formula is C12H14Cl2N4. The van der Waals surface area contributed by atoms with Crippen molar-refractivity contribution in [2.24, 2.45) is 7.05 Å². The topological polar surface area (TPSA) is 42.7 Å². The van der Waals surface area contributed by atoms with E-state index in [1.54, 1.807) is 16.9 Å². The molecule has 18 heavy (non-hydrogen) atoms. The zero-order chi connectivity index (χ0) is 13.1. The van der Waals surface area contributed by atoms with Crippen LogP contribution in [-0.2, 0) is 7.05 Å². The van der Waals surface area contributed by atoms with Crippen LogP contribution in [-0.4, -0.2) is 21.3 Å². The molecule has 0 saturated carbocycles. The number of aryl methyl sites for hydroxylation is 1. The molecule has 0 bridgehead atoms. The number of nitrogens with one attached hydrogen (secondary N) is 1. The lowest BCUT2D eigenvalue weighted by Gasteiger charge is -2.10. The van der Waals surface area contributed by atoms with E-state index < -0.39 is 0 Å². The van der Waals surface area contributed by atoms with Gasteiger partial charge in [-0.1, -0.05) is 30.1 Å². The lowest BCUT2D eigenvalue weighted by molar-refractivity contribution is 0.773. The van der Waals surface area contributed by atoms with Gasteiger partial charge in [0.15, 0.2) is 0 Å². The highest BCUT2D eigenvalue weighted by atomic mass is 35.5. The number of hydrogen-bond donors (Lipinski definition) is 1. The molecule has 0 aromatic carbocycles. The molecule has 1 N–H and O–H groups in total. The molecule has 96 valence electrons. The molecule has 4 nitrogen and oxygen atoms in total. The maximum absolute atomic E-state index is 6.18. The fourth-order valence-electron chi connectivity index (χ4n) is 1.62. The molecule has 2 aromatic heterocycles. The van der Waals surface area contributed by atoms with Gasteiger partial charge in [-0.05, 0) is 18.6 Å². The highest BCUT2D eigenvalue weighted by molar-refractivity contribution is 6.37. The molecule has 0 fully saturated rings. The Morgan fingerprint density at radius 1 is 1.33 bits per heavy atom. The van der Waals surface area contributed by atoms with Crippen molar-refractivity contribution < 1.29 is 0 Å². The second-order valence-corrected chi connectivity index (χ2v) is 4.73. The molecule has 2 rings (SSSR count). The van der Waals surface area contributed by atoms with Crippen molar-refractivity contribution in [2.75, 3.05) is 11.9 Å². The summed E-state index contributed by atoms with van der Waals surface area (Å²) in [5.74, 6) is 0.652. The minimum absolute atomic E-state index is 0.519. The van der Waals surface area contributed by atoms with Crippen molar-refractivity contribution in [3.63, 3.8) is 0 Å². The van der Waals surface area contributed by atoms with Crippen LogP contribution >= 0.6 is 23.2 Å². The Balaban J connectivity index is 2.45. The van der Waals surface area contributed by atoms with E-state index in [-0.39, 0.29) is 0 Å². The molecule has 0 aliphatic heterocycles. The van der Waals surface area contributed by atoms with Gasteiger partial charge < -0.3 is 5.32 Å². The summed E-state index contributed by atoms with van der Waals surface area (Å²) in [6.07, 6.45) is 2.71. The fraction of sp³-hybridized carbons (Fsp3) is 0.333. The standard InChI is InChI=1S/C12H14Cl2N4/c1-3-5-15-12-9(14)7-8(13)11(17-12)10-4-6-16-18(10)2/h4,6-7H,3,5H2,1-2H3,(H,15,17). The molecular weight excluding hydrogens is 271 g/mol. The predicted octanol–water partition coefficient (Wildman–Crippen LogP) is 3.61. The summed E-state index contributed by atoms with van der Waals surface area (Å²) in [6, 6.07) is 3.57. The Kier molecular flexibility index (Phi) is 4.09. The number of hydrogen-bond acceptors (Lipinski definition) is 3. The van der Waals surface area contributed by atoms with Crippen molar-refractivity contribution in [3.8, 4) is 11.4 Å². The SMILES string of the molecule is CCCNc1nc(-c2ccnn2C)c(Cl)cc1Cl. The van der Waals surface area contributed by atoms with E-state index >= 15 is 0 Å². The maximum atomic E-state index is 6.18. The summed E-state index contributed by atoms with van der Waals surface area (Å²) in [7, 11) is 1.85. The van der Waals surface area contributed by atoms with Crippen LogP contribution in [0.3, 0.4) is 0 Å². The molecule has 2 aromatic rings. The van der Waals surface area contributed by atoms with Gasteiger partial charge in [-0.25, -0.2) is 4.98 Å². The molecule has 0 aliphatic carbocycles. The van der Waals surface area contributed by atoms with Gasteiger partial charge in [0.1, 0.15) is 11.5 Å². The average molecular weight is 285 g/mol. The van der Waals surface area contributed by atoms with Crippen LogP contribution in [0.1, 0.15) is 13.3 Å². The Morgan fingerprint density at radius 3 is 2.72 bits per heavy atom. The van der Waals surface area contributed by atoms with Crippen LogP contribution in [0.15, 0.2) is 18.3 Å². The fourth-order valence-corrected chi connectivity index (χ4v) is 2.14. The van der Waals surface area contributed by atoms with Crippen LogP contribution < -0.4 is 5.32 Å². The van der Waals surface area contributed by atoms with Crippen LogP contribution in [0.25, 0.3) is 11.4 Å². The van der Waals surface area contributed by atoms with Gasteiger partial charge in [0.2, 0.25) is 0 Å². The van der Waals surface area contributed by atoms with E-state index in [0.29, 0.717) is 21.6 Å². The Bertz CT molecular complexity index is 551. The molecule has 2 heterocycles. The molecule has 0 aliphatic rings. The molecule has 0 amide bonds. The first kappa shape index (κ1) is 13.2. The Hall–Kier alpha value is -1.26. The number of pyridine rings is 1. The molecule has 0 atom stereocenters. The highest BCUT2D eigenvalue weighted by Gasteiger charge is 2.13. The first-order valence-electron chi connectivity index (χ1n) is 5.71. The third-order valence-electron chi connectivity index (χ3n) is 2.54. The molecule has 6 heteroatoms. The number of rotatable bonds is 4. The van der Waals surface area contributed by atoms with Crippen LogP contribution in [0.2, 0.25) is 10.0 Å². The zero-order valence-electron chi connectivity index (χ0n) is 10.2. The van der Waals surface area contributed by atoms with E-state index in [9.17, 15) is 0 Å². The Morgan fingerprint density at radius 2 is 2.11 bits per heavy atom. The van der Waals surface area contributed by atoms with Crippen molar-refractivity contribution >= 4 is 29.0 Å². The summed E-state index contributed by atoms with van der Waals surface area (Å²) < 4.78 is 1.73. The largest absolute Gasteiger partial charge is 0.369 e. The average Bonchev–Trinajstić information content (AvgIpc) is 2.74. The zero-order valence-corrected chi connectivity index (χ0v) is 11.8. The third-order valence-corrected chi connectivity index (χ3v) is 3.11. The number of aromatic nitrogens is 3. The van der Waals surface area contributed by atoms with Gasteiger partial charge in [-0.15, -0.1) is 0 Å². The molecule has 0 radical (unpaired) electrons. The highest BCUT2D eigenvalue weighted by Crippen LogP contribution is 2.31. The molecule has 0 spiro atoms. The number of halogens is 2. The summed E-state index contributed by atoms with van der Waals surface area (Å²) >= 11 is 12.3. The quantitative estimate of drug-likeness (QED) is 0.933. The van der Waals surface area contributed by atoms with Crippen molar-refractivity contribution in [1.29, 1.82) is 0 Å². The summed E-state index contributed by atoms with van der Waals surface area (Å²) in [5.41, 5.74) is 1.54. The predicted molar refractivity (Wildman–Crippen MR) is 75.2 cm³/mol. The summed E-state index contributed by atoms with van der Waals surface area (Å²) in [5, 5.41) is 8.34. The second kappa shape index (κ2) is 5.59. The number of nitrogens with zero attached hydrogens (tertiary/aromatic N) is 3. The minimum atomic E-state index is 0.519. The van der Waals surface area contributed by atoms with Crippen LogP contribution in [0.4, 0.5) is 5.82 Å². The van der Waals surface area contributed by atoms with E-state index in [2.05, 4.69) is 22.3 Å². The second-order valence-electron chi connectivity index (χ2n) is 3.92. The maximum Gasteiger partial charge on any atom is 0.145 e. The normalized spacial score (nSPS) is 10.7. The van der Waals surface area contributed by atoms with Crippen molar-refractivity contribution in [3.05, 3.63) is 28.4 Å². The van der Waals surface area contributed by atoms with Gasteiger partial charge in [-0.3, -0.25) is 4.68 Å². The lowest BCUT2D eigenvalue weighted by Crippen LogP contribution is -2.04. The molecule has 0 saturated heterocycles. The van der Waals surface area contributed by atoms with Gasteiger partial charge in [-0.2, -0.15) is 5.10 Å². The van der Waals surface area contributed by atoms with Crippen molar-refractivity contribution in [2.45, 2.75) is 13.3 Å². The van der Waals surface area contributed by atoms with Gasteiger partial charge >= 0.3 is 0 Å². The van der Waals surface area contributed by atoms with Gasteiger partial charge in [0, 0.05) is 19.8 Å². The molecule has 0 unspecified atom stereocenters. The first-order valence-corrected chi connectivity index (χ1v) is 6.47. The lowest BCUT2D eigenvalue weighted by atomic mass is 10.2. The van der Waals surface area contributed by atoms with E-state index in [0.717, 1.165) is 18.7 Å². The van der Waals surface area contributed by atoms with Crippen LogP contribution in [0.5, 0.6) is 0 Å². The van der Waals surface area contributed by atoms with Crippen molar-refractivity contribution in [1.82, 2.24) is 14.8 Å². The van der Waals surface area contributed by atoms with E-state index in [4.69, 9.17) is 23.2 Å². The minimum Gasteiger partial charge on any atom is -0.369 e. The third kappa shape index (κ3) is 2.60. The Labute approximate surface area is 116 Å². The van der Waals surface area contributed by atoms with E-state index in [1.165, 1.54) is 0 Å². The summed E-state index contributed by atoms with van der Waals surface area (Å²) in [4.78, 5) is 4.48. The monoisotopic (exact) mass is 284 g/mol. The van der Waals surface area contributed by atoms with Gasteiger partial charge in [0.25, 0.3) is 0 Å². The van der Waals surface area contributed by atoms with Crippen LogP contribution in [0, 0.1) is 0 Å².